The van der Waals surface area contributed by atoms with Crippen LogP contribution < -0.4 is 19.1 Å². The van der Waals surface area contributed by atoms with Crippen molar-refractivity contribution in [3.05, 3.63) is 107 Å². The second-order valence-electron chi connectivity index (χ2n) is 8.80. The van der Waals surface area contributed by atoms with Crippen LogP contribution in [-0.2, 0) is 24.8 Å². The number of hydrogen-bond acceptors (Lipinski definition) is 6. The molecule has 0 saturated carbocycles. The first-order chi connectivity index (χ1) is 19.4. The number of anilines is 3. The summed E-state index contributed by atoms with van der Waals surface area (Å²) in [6, 6.07) is 22.4. The van der Waals surface area contributed by atoms with Crippen molar-refractivity contribution < 1.29 is 26.4 Å². The standard InChI is InChI=1S/C28H25Cl2N3O6S2/c1-19-6-14-24(15-7-19)41(37,38)33(26-5-3-4-25(29)28(26)30)18-27(34)31-20-10-16-23(17-11-20)40(35,36)32-21-8-12-22(39-2)13-9-21/h3-17,32H,18H2,1-2H3,(H,31,34). The van der Waals surface area contributed by atoms with E-state index in [1.165, 1.54) is 61.7 Å². The molecule has 41 heavy (non-hydrogen) atoms. The molecule has 1 amide bonds. The molecule has 4 aromatic rings. The molecule has 0 atom stereocenters. The van der Waals surface area contributed by atoms with Crippen LogP contribution in [0.2, 0.25) is 10.0 Å². The molecular weight excluding hydrogens is 609 g/mol. The van der Waals surface area contributed by atoms with Crippen LogP contribution in [0.25, 0.3) is 0 Å². The van der Waals surface area contributed by atoms with Crippen LogP contribution >= 0.6 is 23.2 Å². The molecular formula is C28H25Cl2N3O6S2. The molecule has 0 aliphatic rings. The maximum atomic E-state index is 13.6. The predicted molar refractivity (Wildman–Crippen MR) is 161 cm³/mol. The van der Waals surface area contributed by atoms with Crippen molar-refractivity contribution >= 4 is 66.2 Å². The smallest absolute Gasteiger partial charge is 0.264 e. The van der Waals surface area contributed by atoms with Crippen LogP contribution in [0.5, 0.6) is 5.75 Å². The van der Waals surface area contributed by atoms with Crippen molar-refractivity contribution in [2.24, 2.45) is 0 Å². The average molecular weight is 635 g/mol. The molecule has 2 N–H and O–H groups in total. The Morgan fingerprint density at radius 1 is 0.805 bits per heavy atom. The van der Waals surface area contributed by atoms with Gasteiger partial charge in [0.1, 0.15) is 12.3 Å². The summed E-state index contributed by atoms with van der Waals surface area (Å²) in [5.74, 6) is -0.111. The monoisotopic (exact) mass is 633 g/mol. The van der Waals surface area contributed by atoms with Crippen molar-refractivity contribution in [1.29, 1.82) is 0 Å². The van der Waals surface area contributed by atoms with Gasteiger partial charge in [-0.2, -0.15) is 0 Å². The quantitative estimate of drug-likeness (QED) is 0.223. The van der Waals surface area contributed by atoms with Crippen LogP contribution in [0, 0.1) is 6.92 Å². The summed E-state index contributed by atoms with van der Waals surface area (Å²) in [4.78, 5) is 13.0. The van der Waals surface area contributed by atoms with E-state index in [-0.39, 0.29) is 31.2 Å². The number of carbonyl (C=O) groups excluding carboxylic acids is 1. The summed E-state index contributed by atoms with van der Waals surface area (Å²) in [5, 5.41) is 2.69. The van der Waals surface area contributed by atoms with Crippen LogP contribution in [0.15, 0.2) is 101 Å². The highest BCUT2D eigenvalue weighted by molar-refractivity contribution is 7.93. The minimum absolute atomic E-state index is 0.0286. The summed E-state index contributed by atoms with van der Waals surface area (Å²) in [6.45, 7) is 1.19. The SMILES string of the molecule is COc1ccc(NS(=O)(=O)c2ccc(NC(=O)CN(c3cccc(Cl)c3Cl)S(=O)(=O)c3ccc(C)cc3)cc2)cc1. The molecule has 0 saturated heterocycles. The van der Waals surface area contributed by atoms with Gasteiger partial charge in [-0.15, -0.1) is 0 Å². The maximum absolute atomic E-state index is 13.6. The Morgan fingerprint density at radius 3 is 2.00 bits per heavy atom. The first kappa shape index (κ1) is 30.2. The van der Waals surface area contributed by atoms with Gasteiger partial charge in [-0.1, -0.05) is 47.0 Å². The number of ether oxygens (including phenoxy) is 1. The van der Waals surface area contributed by atoms with Crippen LogP contribution in [0.4, 0.5) is 17.1 Å². The van der Waals surface area contributed by atoms with Gasteiger partial charge in [-0.05, 0) is 79.7 Å². The van der Waals surface area contributed by atoms with Gasteiger partial charge in [-0.3, -0.25) is 13.8 Å². The lowest BCUT2D eigenvalue weighted by molar-refractivity contribution is -0.114. The summed E-state index contributed by atoms with van der Waals surface area (Å²) < 4.78 is 61.2. The van der Waals surface area contributed by atoms with Crippen molar-refractivity contribution in [1.82, 2.24) is 0 Å². The number of carbonyl (C=O) groups is 1. The highest BCUT2D eigenvalue weighted by Crippen LogP contribution is 2.35. The zero-order valence-corrected chi connectivity index (χ0v) is 25.0. The van der Waals surface area contributed by atoms with Crippen molar-refractivity contribution in [2.75, 3.05) is 28.0 Å². The normalized spacial score (nSPS) is 11.5. The van der Waals surface area contributed by atoms with E-state index < -0.39 is 32.5 Å². The highest BCUT2D eigenvalue weighted by atomic mass is 35.5. The van der Waals surface area contributed by atoms with E-state index in [4.69, 9.17) is 27.9 Å². The lowest BCUT2D eigenvalue weighted by atomic mass is 10.2. The number of methoxy groups -OCH3 is 1. The maximum Gasteiger partial charge on any atom is 0.264 e. The zero-order valence-electron chi connectivity index (χ0n) is 21.8. The van der Waals surface area contributed by atoms with Crippen LogP contribution in [0.3, 0.4) is 0 Å². The number of nitrogens with zero attached hydrogens (tertiary/aromatic N) is 1. The summed E-state index contributed by atoms with van der Waals surface area (Å²) >= 11 is 12.5. The molecule has 0 unspecified atom stereocenters. The van der Waals surface area contributed by atoms with E-state index in [2.05, 4.69) is 10.0 Å². The van der Waals surface area contributed by atoms with Gasteiger partial charge in [0.15, 0.2) is 0 Å². The van der Waals surface area contributed by atoms with Gasteiger partial charge in [0.25, 0.3) is 20.0 Å². The van der Waals surface area contributed by atoms with E-state index in [1.54, 1.807) is 36.4 Å². The second kappa shape index (κ2) is 12.4. The number of sulfonamides is 2. The number of rotatable bonds is 10. The van der Waals surface area contributed by atoms with E-state index in [0.29, 0.717) is 11.4 Å². The van der Waals surface area contributed by atoms with Gasteiger partial charge >= 0.3 is 0 Å². The number of amides is 1. The van der Waals surface area contributed by atoms with Crippen molar-refractivity contribution in [3.63, 3.8) is 0 Å². The number of benzene rings is 4. The summed E-state index contributed by atoms with van der Waals surface area (Å²) in [6.07, 6.45) is 0. The Labute approximate surface area is 248 Å². The third-order valence-corrected chi connectivity index (χ3v) is 9.87. The minimum Gasteiger partial charge on any atom is -0.497 e. The molecule has 0 bridgehead atoms. The summed E-state index contributed by atoms with van der Waals surface area (Å²) in [7, 11) is -6.63. The zero-order chi connectivity index (χ0) is 29.8. The first-order valence-electron chi connectivity index (χ1n) is 12.0. The van der Waals surface area contributed by atoms with Gasteiger partial charge in [0, 0.05) is 11.4 Å². The fourth-order valence-corrected chi connectivity index (χ4v) is 6.68. The van der Waals surface area contributed by atoms with Crippen LogP contribution in [-0.4, -0.2) is 36.4 Å². The van der Waals surface area contributed by atoms with Crippen molar-refractivity contribution in [2.45, 2.75) is 16.7 Å². The van der Waals surface area contributed by atoms with E-state index in [9.17, 15) is 21.6 Å². The molecule has 4 aromatic carbocycles. The lowest BCUT2D eigenvalue weighted by Crippen LogP contribution is -2.38. The van der Waals surface area contributed by atoms with E-state index >= 15 is 0 Å². The first-order valence-corrected chi connectivity index (χ1v) is 15.7. The number of halogens is 2. The fourth-order valence-electron chi connectivity index (χ4n) is 3.74. The number of aryl methyl sites for hydroxylation is 1. The molecule has 4 rings (SSSR count). The molecule has 0 aliphatic heterocycles. The largest absolute Gasteiger partial charge is 0.497 e. The molecule has 0 aromatic heterocycles. The Hall–Kier alpha value is -3.77. The average Bonchev–Trinajstić information content (AvgIpc) is 2.94. The van der Waals surface area contributed by atoms with E-state index in [0.717, 1.165) is 9.87 Å². The van der Waals surface area contributed by atoms with Gasteiger partial charge in [0.05, 0.1) is 32.6 Å². The second-order valence-corrected chi connectivity index (χ2v) is 13.1. The summed E-state index contributed by atoms with van der Waals surface area (Å²) in [5.41, 5.74) is 1.49. The molecule has 0 fully saturated rings. The van der Waals surface area contributed by atoms with E-state index in [1.807, 2.05) is 6.92 Å². The number of nitrogens with one attached hydrogen (secondary N) is 2. The Bertz CT molecular complexity index is 1760. The Morgan fingerprint density at radius 2 is 1.39 bits per heavy atom. The molecule has 214 valence electrons. The van der Waals surface area contributed by atoms with Gasteiger partial charge < -0.3 is 10.1 Å². The topological polar surface area (TPSA) is 122 Å². The Balaban J connectivity index is 1.54. The molecule has 0 aliphatic carbocycles. The van der Waals surface area contributed by atoms with Gasteiger partial charge in [0.2, 0.25) is 5.91 Å². The highest BCUT2D eigenvalue weighted by Gasteiger charge is 2.29. The molecule has 0 radical (unpaired) electrons. The number of hydrogen-bond donors (Lipinski definition) is 2. The molecule has 13 heteroatoms. The molecule has 0 spiro atoms. The fraction of sp³-hybridized carbons (Fsp3) is 0.107. The van der Waals surface area contributed by atoms with Crippen molar-refractivity contribution in [3.8, 4) is 5.75 Å². The lowest BCUT2D eigenvalue weighted by Gasteiger charge is -2.25. The third-order valence-electron chi connectivity index (χ3n) is 5.89. The Kier molecular flexibility index (Phi) is 9.13. The molecule has 0 heterocycles. The molecule has 9 nitrogen and oxygen atoms in total. The van der Waals surface area contributed by atoms with Gasteiger partial charge in [-0.25, -0.2) is 16.8 Å². The predicted octanol–water partition coefficient (Wildman–Crippen LogP) is 5.95. The van der Waals surface area contributed by atoms with Crippen LogP contribution in [0.1, 0.15) is 5.56 Å². The third kappa shape index (κ3) is 7.12. The minimum atomic E-state index is -4.22.